The van der Waals surface area contributed by atoms with Gasteiger partial charge < -0.3 is 4.90 Å². The Hall–Kier alpha value is -0.440. The minimum Gasteiger partial charge on any atom is -0.335 e. The topological polar surface area (TPSA) is 20.3 Å². The van der Waals surface area contributed by atoms with Crippen molar-refractivity contribution >= 4 is 17.7 Å². The molecule has 0 bridgehead atoms. The molecular weight excluding hydrogens is 194 g/mol. The van der Waals surface area contributed by atoms with Gasteiger partial charge in [-0.1, -0.05) is 12.5 Å². The van der Waals surface area contributed by atoms with Gasteiger partial charge in [0, 0.05) is 29.7 Å². The summed E-state index contributed by atoms with van der Waals surface area (Å²) in [5, 5.41) is 0.554. The summed E-state index contributed by atoms with van der Waals surface area (Å²) in [5.74, 6) is 1.23. The van der Waals surface area contributed by atoms with Gasteiger partial charge in [-0.25, -0.2) is 0 Å². The van der Waals surface area contributed by atoms with E-state index in [0.717, 1.165) is 17.9 Å². The first-order chi connectivity index (χ1) is 6.52. The Morgan fingerprint density at radius 2 is 2.07 bits per heavy atom. The third-order valence-corrected chi connectivity index (χ3v) is 3.92. The smallest absolute Gasteiger partial charge is 0.246 e. The molecule has 0 spiro atoms. The van der Waals surface area contributed by atoms with E-state index < -0.39 is 0 Å². The molecule has 1 aliphatic rings. The van der Waals surface area contributed by atoms with Gasteiger partial charge >= 0.3 is 0 Å². The van der Waals surface area contributed by atoms with Gasteiger partial charge in [0.15, 0.2) is 0 Å². The molecule has 1 heterocycles. The minimum absolute atomic E-state index is 0.171. The number of nitrogens with zero attached hydrogens (tertiary/aromatic N) is 1. The summed E-state index contributed by atoms with van der Waals surface area (Å²) < 4.78 is 0. The predicted molar refractivity (Wildman–Crippen MR) is 62.5 cm³/mol. The predicted octanol–water partition coefficient (Wildman–Crippen LogP) is 2.31. The average molecular weight is 213 g/mol. The van der Waals surface area contributed by atoms with Crippen molar-refractivity contribution in [1.29, 1.82) is 0 Å². The first kappa shape index (κ1) is 11.6. The summed E-state index contributed by atoms with van der Waals surface area (Å²) >= 11 is 1.95. The lowest BCUT2D eigenvalue weighted by molar-refractivity contribution is -0.127. The van der Waals surface area contributed by atoms with E-state index in [1.165, 1.54) is 0 Å². The Bertz CT molecular complexity index is 246. The van der Waals surface area contributed by atoms with Crippen molar-refractivity contribution in [3.63, 3.8) is 0 Å². The van der Waals surface area contributed by atoms with Crippen LogP contribution >= 0.6 is 11.8 Å². The van der Waals surface area contributed by atoms with Crippen LogP contribution in [0.25, 0.3) is 0 Å². The van der Waals surface area contributed by atoms with Crippen LogP contribution < -0.4 is 0 Å². The van der Waals surface area contributed by atoms with Crippen molar-refractivity contribution in [2.45, 2.75) is 39.0 Å². The van der Waals surface area contributed by atoms with Crippen molar-refractivity contribution < 1.29 is 4.79 Å². The monoisotopic (exact) mass is 213 g/mol. The number of rotatable bonds is 1. The van der Waals surface area contributed by atoms with Crippen molar-refractivity contribution in [2.75, 3.05) is 12.3 Å². The van der Waals surface area contributed by atoms with Crippen LogP contribution in [0.5, 0.6) is 0 Å². The molecule has 1 saturated heterocycles. The van der Waals surface area contributed by atoms with E-state index in [4.69, 9.17) is 0 Å². The van der Waals surface area contributed by atoms with Crippen LogP contribution in [0.3, 0.4) is 0 Å². The second kappa shape index (κ2) is 4.87. The number of thioether (sulfide) groups is 1. The summed E-state index contributed by atoms with van der Waals surface area (Å²) in [6.07, 6.45) is 1.74. The van der Waals surface area contributed by atoms with Gasteiger partial charge in [0.1, 0.15) is 0 Å². The number of carbonyl (C=O) groups excluding carboxylic acids is 1. The molecule has 0 aliphatic carbocycles. The summed E-state index contributed by atoms with van der Waals surface area (Å²) in [4.78, 5) is 13.8. The van der Waals surface area contributed by atoms with E-state index in [1.54, 1.807) is 6.08 Å². The molecule has 2 atom stereocenters. The summed E-state index contributed by atoms with van der Waals surface area (Å²) in [6.45, 7) is 9.14. The third kappa shape index (κ3) is 2.77. The Balaban J connectivity index is 2.67. The van der Waals surface area contributed by atoms with Crippen molar-refractivity contribution in [3.8, 4) is 0 Å². The van der Waals surface area contributed by atoms with Crippen LogP contribution in [-0.4, -0.2) is 34.4 Å². The van der Waals surface area contributed by atoms with E-state index in [-0.39, 0.29) is 5.91 Å². The molecule has 0 saturated carbocycles. The second-order valence-electron chi connectivity index (χ2n) is 4.07. The van der Waals surface area contributed by atoms with Gasteiger partial charge in [-0.2, -0.15) is 11.8 Å². The number of allylic oxidation sites excluding steroid dienone is 1. The number of hydrogen-bond donors (Lipinski definition) is 0. The maximum absolute atomic E-state index is 11.8. The molecule has 1 aliphatic heterocycles. The zero-order chi connectivity index (χ0) is 10.7. The Kier molecular flexibility index (Phi) is 4.05. The number of hydrogen-bond acceptors (Lipinski definition) is 2. The maximum atomic E-state index is 11.8. The molecule has 0 aromatic rings. The lowest BCUT2D eigenvalue weighted by atomic mass is 10.2. The SMILES string of the molecule is CC(C)=CC(=O)N1CCSC(C)C1C. The second-order valence-corrected chi connectivity index (χ2v) is 5.55. The van der Waals surface area contributed by atoms with Crippen LogP contribution in [-0.2, 0) is 4.79 Å². The molecule has 0 radical (unpaired) electrons. The average Bonchev–Trinajstić information content (AvgIpc) is 2.08. The van der Waals surface area contributed by atoms with Crippen LogP contribution in [0.15, 0.2) is 11.6 Å². The zero-order valence-corrected chi connectivity index (χ0v) is 10.2. The molecule has 14 heavy (non-hydrogen) atoms. The third-order valence-electron chi connectivity index (χ3n) is 2.58. The van der Waals surface area contributed by atoms with Gasteiger partial charge in [-0.15, -0.1) is 0 Å². The van der Waals surface area contributed by atoms with E-state index in [2.05, 4.69) is 13.8 Å². The highest BCUT2D eigenvalue weighted by Crippen LogP contribution is 2.24. The fraction of sp³-hybridized carbons (Fsp3) is 0.727. The highest BCUT2D eigenvalue weighted by atomic mass is 32.2. The molecule has 0 N–H and O–H groups in total. The molecular formula is C11H19NOS. The van der Waals surface area contributed by atoms with Crippen molar-refractivity contribution in [3.05, 3.63) is 11.6 Å². The standard InChI is InChI=1S/C11H19NOS/c1-8(2)7-11(13)12-5-6-14-10(4)9(12)3/h7,9-10H,5-6H2,1-4H3. The van der Waals surface area contributed by atoms with Crippen LogP contribution in [0.2, 0.25) is 0 Å². The van der Waals surface area contributed by atoms with Crippen LogP contribution in [0, 0.1) is 0 Å². The van der Waals surface area contributed by atoms with Gasteiger partial charge in [0.05, 0.1) is 0 Å². The molecule has 1 fully saturated rings. The lowest BCUT2D eigenvalue weighted by Crippen LogP contribution is -2.47. The largest absolute Gasteiger partial charge is 0.335 e. The van der Waals surface area contributed by atoms with Gasteiger partial charge in [0.2, 0.25) is 5.91 Å². The molecule has 0 aromatic heterocycles. The zero-order valence-electron chi connectivity index (χ0n) is 9.41. The van der Waals surface area contributed by atoms with Crippen molar-refractivity contribution in [1.82, 2.24) is 4.90 Å². The molecule has 80 valence electrons. The Labute approximate surface area is 90.7 Å². The molecule has 3 heteroatoms. The molecule has 0 aromatic carbocycles. The molecule has 1 rings (SSSR count). The quantitative estimate of drug-likeness (QED) is 0.623. The van der Waals surface area contributed by atoms with E-state index >= 15 is 0 Å². The van der Waals surface area contributed by atoms with Gasteiger partial charge in [-0.3, -0.25) is 4.79 Å². The van der Waals surface area contributed by atoms with Crippen LogP contribution in [0.1, 0.15) is 27.7 Å². The van der Waals surface area contributed by atoms with Crippen molar-refractivity contribution in [2.24, 2.45) is 0 Å². The first-order valence-electron chi connectivity index (χ1n) is 5.09. The minimum atomic E-state index is 0.171. The summed E-state index contributed by atoms with van der Waals surface area (Å²) in [6, 6.07) is 0.358. The summed E-state index contributed by atoms with van der Waals surface area (Å²) in [5.41, 5.74) is 1.08. The number of amides is 1. The molecule has 1 amide bonds. The summed E-state index contributed by atoms with van der Waals surface area (Å²) in [7, 11) is 0. The first-order valence-corrected chi connectivity index (χ1v) is 6.14. The van der Waals surface area contributed by atoms with E-state index in [9.17, 15) is 4.79 Å². The highest BCUT2D eigenvalue weighted by Gasteiger charge is 2.27. The Morgan fingerprint density at radius 3 is 2.64 bits per heavy atom. The normalized spacial score (nSPS) is 27.3. The lowest BCUT2D eigenvalue weighted by Gasteiger charge is -2.37. The number of carbonyl (C=O) groups is 1. The van der Waals surface area contributed by atoms with E-state index in [0.29, 0.717) is 11.3 Å². The van der Waals surface area contributed by atoms with Gasteiger partial charge in [0.25, 0.3) is 0 Å². The fourth-order valence-electron chi connectivity index (χ4n) is 1.57. The van der Waals surface area contributed by atoms with E-state index in [1.807, 2.05) is 30.5 Å². The molecule has 2 nitrogen and oxygen atoms in total. The fourth-order valence-corrected chi connectivity index (χ4v) is 2.67. The van der Waals surface area contributed by atoms with Gasteiger partial charge in [-0.05, 0) is 20.8 Å². The Morgan fingerprint density at radius 1 is 1.43 bits per heavy atom. The maximum Gasteiger partial charge on any atom is 0.246 e. The molecule has 2 unspecified atom stereocenters. The highest BCUT2D eigenvalue weighted by molar-refractivity contribution is 8.00. The van der Waals surface area contributed by atoms with Crippen LogP contribution in [0.4, 0.5) is 0 Å².